The molecule has 4 heteroatoms. The van der Waals surface area contributed by atoms with E-state index in [9.17, 15) is 0 Å². The summed E-state index contributed by atoms with van der Waals surface area (Å²) in [6.07, 6.45) is 2.12. The van der Waals surface area contributed by atoms with Gasteiger partial charge in [0.1, 0.15) is 5.82 Å². The molecule has 15 heavy (non-hydrogen) atoms. The second-order valence-corrected chi connectivity index (χ2v) is 4.31. The van der Waals surface area contributed by atoms with Gasteiger partial charge in [-0.15, -0.1) is 0 Å². The molecule has 3 rings (SSSR count). The first-order valence-corrected chi connectivity index (χ1v) is 5.45. The summed E-state index contributed by atoms with van der Waals surface area (Å²) < 4.78 is 0.543. The summed E-state index contributed by atoms with van der Waals surface area (Å²) in [5, 5.41) is 5.89. The second-order valence-electron chi connectivity index (χ2n) is 3.93. The fraction of sp³-hybridized carbons (Fsp3) is 0.273. The number of nitrogens with zero attached hydrogens (tertiary/aromatic N) is 1. The summed E-state index contributed by atoms with van der Waals surface area (Å²) in [6.45, 7) is 0. The van der Waals surface area contributed by atoms with Crippen LogP contribution in [0.15, 0.2) is 24.3 Å². The quantitative estimate of drug-likeness (QED) is 0.720. The number of H-pyrrole nitrogens is 2. The third-order valence-corrected chi connectivity index (χ3v) is 3.15. The van der Waals surface area contributed by atoms with E-state index in [1.807, 2.05) is 0 Å². The van der Waals surface area contributed by atoms with Crippen LogP contribution < -0.4 is 0 Å². The number of benzene rings is 1. The topological polar surface area (TPSA) is 44.5 Å². The zero-order valence-corrected chi connectivity index (χ0v) is 8.97. The smallest absolute Gasteiger partial charge is 0.213 e. The standard InChI is InChI=1S/C11H11N3S/c15-11-12-10(13-14-11)9-5-7-3-1-2-4-8(7)6-9/h1-4,9H,5-6H2,(H2,12,13,14,15). The number of hydrogen-bond acceptors (Lipinski definition) is 2. The summed E-state index contributed by atoms with van der Waals surface area (Å²) in [4.78, 5) is 4.28. The van der Waals surface area contributed by atoms with E-state index in [1.165, 1.54) is 11.1 Å². The molecular weight excluding hydrogens is 206 g/mol. The molecule has 1 aliphatic carbocycles. The van der Waals surface area contributed by atoms with E-state index in [0.717, 1.165) is 18.7 Å². The molecule has 0 bridgehead atoms. The molecule has 0 saturated carbocycles. The van der Waals surface area contributed by atoms with Crippen molar-refractivity contribution in [2.45, 2.75) is 18.8 Å². The molecule has 1 heterocycles. The number of hydrogen-bond donors (Lipinski definition) is 2. The van der Waals surface area contributed by atoms with Crippen LogP contribution in [0.1, 0.15) is 22.9 Å². The van der Waals surface area contributed by atoms with Gasteiger partial charge in [0.25, 0.3) is 0 Å². The summed E-state index contributed by atoms with van der Waals surface area (Å²) in [5.41, 5.74) is 2.87. The van der Waals surface area contributed by atoms with E-state index < -0.39 is 0 Å². The summed E-state index contributed by atoms with van der Waals surface area (Å²) in [6, 6.07) is 8.56. The first kappa shape index (κ1) is 8.85. The van der Waals surface area contributed by atoms with Crippen molar-refractivity contribution in [2.24, 2.45) is 0 Å². The first-order valence-electron chi connectivity index (χ1n) is 5.04. The minimum absolute atomic E-state index is 0.454. The molecule has 76 valence electrons. The lowest BCUT2D eigenvalue weighted by molar-refractivity contribution is 0.686. The highest BCUT2D eigenvalue weighted by atomic mass is 32.1. The van der Waals surface area contributed by atoms with Gasteiger partial charge in [0.15, 0.2) is 0 Å². The lowest BCUT2D eigenvalue weighted by Gasteiger charge is -2.02. The maximum absolute atomic E-state index is 4.96. The van der Waals surface area contributed by atoms with Crippen molar-refractivity contribution in [1.82, 2.24) is 15.2 Å². The molecule has 0 saturated heterocycles. The Morgan fingerprint density at radius 3 is 2.33 bits per heavy atom. The Morgan fingerprint density at radius 1 is 1.13 bits per heavy atom. The van der Waals surface area contributed by atoms with Crippen LogP contribution in [0.4, 0.5) is 0 Å². The molecule has 0 radical (unpaired) electrons. The number of rotatable bonds is 1. The molecule has 1 aromatic heterocycles. The van der Waals surface area contributed by atoms with Crippen LogP contribution in [0.5, 0.6) is 0 Å². The zero-order valence-electron chi connectivity index (χ0n) is 8.16. The molecule has 0 amide bonds. The lowest BCUT2D eigenvalue weighted by atomic mass is 10.1. The normalized spacial score (nSPS) is 15.5. The van der Waals surface area contributed by atoms with Gasteiger partial charge in [-0.1, -0.05) is 24.3 Å². The third kappa shape index (κ3) is 1.51. The number of aromatic amines is 2. The van der Waals surface area contributed by atoms with Gasteiger partial charge >= 0.3 is 0 Å². The third-order valence-electron chi connectivity index (χ3n) is 2.96. The van der Waals surface area contributed by atoms with Crippen LogP contribution in [-0.4, -0.2) is 15.2 Å². The Bertz CT molecular complexity index is 516. The van der Waals surface area contributed by atoms with E-state index in [1.54, 1.807) is 0 Å². The average molecular weight is 217 g/mol. The highest BCUT2D eigenvalue weighted by molar-refractivity contribution is 7.71. The summed E-state index contributed by atoms with van der Waals surface area (Å²) in [7, 11) is 0. The Morgan fingerprint density at radius 2 is 1.80 bits per heavy atom. The molecule has 0 spiro atoms. The highest BCUT2D eigenvalue weighted by Gasteiger charge is 2.24. The Hall–Kier alpha value is -1.42. The van der Waals surface area contributed by atoms with Crippen molar-refractivity contribution < 1.29 is 0 Å². The molecular formula is C11H11N3S. The molecule has 1 aliphatic rings. The van der Waals surface area contributed by atoms with E-state index in [0.29, 0.717) is 10.7 Å². The van der Waals surface area contributed by atoms with Crippen LogP contribution in [0, 0.1) is 4.77 Å². The van der Waals surface area contributed by atoms with Gasteiger partial charge in [0, 0.05) is 5.92 Å². The van der Waals surface area contributed by atoms with Crippen LogP contribution in [0.3, 0.4) is 0 Å². The number of fused-ring (bicyclic) bond motifs is 1. The van der Waals surface area contributed by atoms with Crippen molar-refractivity contribution in [3.63, 3.8) is 0 Å². The molecule has 2 aromatic rings. The Balaban J connectivity index is 1.93. The molecule has 0 atom stereocenters. The minimum atomic E-state index is 0.454. The number of nitrogens with one attached hydrogen (secondary N) is 2. The minimum Gasteiger partial charge on any atom is -0.285 e. The Labute approximate surface area is 92.6 Å². The SMILES string of the molecule is S=c1nc(C2Cc3ccccc3C2)[nH][nH]1. The van der Waals surface area contributed by atoms with Crippen molar-refractivity contribution in [3.8, 4) is 0 Å². The van der Waals surface area contributed by atoms with Gasteiger partial charge in [0.2, 0.25) is 4.77 Å². The van der Waals surface area contributed by atoms with Gasteiger partial charge in [-0.25, -0.2) is 4.98 Å². The van der Waals surface area contributed by atoms with Crippen LogP contribution in [-0.2, 0) is 12.8 Å². The van der Waals surface area contributed by atoms with Gasteiger partial charge in [-0.05, 0) is 36.2 Å². The maximum atomic E-state index is 4.96. The Kier molecular flexibility index (Phi) is 1.95. The monoisotopic (exact) mass is 217 g/mol. The summed E-state index contributed by atoms with van der Waals surface area (Å²) >= 11 is 4.96. The van der Waals surface area contributed by atoms with E-state index in [-0.39, 0.29) is 0 Å². The highest BCUT2D eigenvalue weighted by Crippen LogP contribution is 2.31. The molecule has 0 unspecified atom stereocenters. The summed E-state index contributed by atoms with van der Waals surface area (Å²) in [5.74, 6) is 1.44. The molecule has 0 fully saturated rings. The molecule has 0 aliphatic heterocycles. The maximum Gasteiger partial charge on any atom is 0.213 e. The second kappa shape index (κ2) is 3.31. The van der Waals surface area contributed by atoms with E-state index in [2.05, 4.69) is 39.4 Å². The van der Waals surface area contributed by atoms with Crippen LogP contribution in [0.25, 0.3) is 0 Å². The van der Waals surface area contributed by atoms with Crippen molar-refractivity contribution >= 4 is 12.2 Å². The number of aromatic nitrogens is 3. The molecule has 3 nitrogen and oxygen atoms in total. The van der Waals surface area contributed by atoms with Crippen LogP contribution in [0.2, 0.25) is 0 Å². The van der Waals surface area contributed by atoms with Crippen molar-refractivity contribution in [1.29, 1.82) is 0 Å². The van der Waals surface area contributed by atoms with E-state index in [4.69, 9.17) is 12.2 Å². The fourth-order valence-corrected chi connectivity index (χ4v) is 2.38. The predicted octanol–water partition coefficient (Wildman–Crippen LogP) is 2.35. The van der Waals surface area contributed by atoms with Gasteiger partial charge in [0.05, 0.1) is 0 Å². The van der Waals surface area contributed by atoms with Crippen molar-refractivity contribution in [3.05, 3.63) is 46.0 Å². The van der Waals surface area contributed by atoms with Crippen LogP contribution >= 0.6 is 12.2 Å². The van der Waals surface area contributed by atoms with Gasteiger partial charge < -0.3 is 0 Å². The van der Waals surface area contributed by atoms with Gasteiger partial charge in [-0.2, -0.15) is 0 Å². The first-order chi connectivity index (χ1) is 7.33. The largest absolute Gasteiger partial charge is 0.285 e. The zero-order chi connectivity index (χ0) is 10.3. The van der Waals surface area contributed by atoms with Crippen molar-refractivity contribution in [2.75, 3.05) is 0 Å². The molecule has 1 aromatic carbocycles. The predicted molar refractivity (Wildman–Crippen MR) is 60.4 cm³/mol. The fourth-order valence-electron chi connectivity index (χ4n) is 2.23. The lowest BCUT2D eigenvalue weighted by Crippen LogP contribution is -2.00. The average Bonchev–Trinajstić information content (AvgIpc) is 2.82. The van der Waals surface area contributed by atoms with Gasteiger partial charge in [-0.3, -0.25) is 10.2 Å². The van der Waals surface area contributed by atoms with E-state index >= 15 is 0 Å². The molecule has 2 N–H and O–H groups in total.